The molecule has 2 heterocycles. The number of aromatic nitrogens is 2. The molecule has 0 spiro atoms. The number of fused-ring (bicyclic) bond motifs is 1. The van der Waals surface area contributed by atoms with Gasteiger partial charge in [0, 0.05) is 20.1 Å². The number of imidazole rings is 1. The van der Waals surface area contributed by atoms with E-state index in [1.54, 1.807) is 11.6 Å². The molecule has 1 fully saturated rings. The van der Waals surface area contributed by atoms with Crippen molar-refractivity contribution in [1.29, 1.82) is 0 Å². The monoisotopic (exact) mass is 491 g/mol. The van der Waals surface area contributed by atoms with E-state index in [0.717, 1.165) is 17.5 Å². The van der Waals surface area contributed by atoms with Crippen molar-refractivity contribution in [2.45, 2.75) is 31.7 Å². The first-order valence-electron chi connectivity index (χ1n) is 11.8. The molecule has 11 nitrogen and oxygen atoms in total. The van der Waals surface area contributed by atoms with Crippen LogP contribution < -0.4 is 11.0 Å². The minimum atomic E-state index is -0.691. The molecule has 1 aliphatic rings. The number of rotatable bonds is 16. The van der Waals surface area contributed by atoms with Crippen molar-refractivity contribution in [2.24, 2.45) is 7.05 Å². The number of hydrogen-bond donors (Lipinski definition) is 1. The molecule has 1 aromatic heterocycles. The Labute approximate surface area is 203 Å². The van der Waals surface area contributed by atoms with E-state index in [2.05, 4.69) is 5.32 Å². The summed E-state index contributed by atoms with van der Waals surface area (Å²) in [5.41, 5.74) is 2.22. The van der Waals surface area contributed by atoms with Crippen molar-refractivity contribution in [3.05, 3.63) is 34.2 Å². The highest BCUT2D eigenvalue weighted by Crippen LogP contribution is 2.25. The van der Waals surface area contributed by atoms with Crippen molar-refractivity contribution >= 4 is 29.1 Å². The predicted octanol–water partition coefficient (Wildman–Crippen LogP) is 0.516. The molecule has 2 aromatic rings. The molecular formula is C24H33N3O8. The summed E-state index contributed by atoms with van der Waals surface area (Å²) in [4.78, 5) is 46.9. The number of nitrogens with one attached hydrogen (secondary N) is 1. The normalized spacial score (nSPS) is 16.1. The Balaban J connectivity index is 1.41. The van der Waals surface area contributed by atoms with Gasteiger partial charge in [-0.3, -0.25) is 24.0 Å². The molecule has 1 atom stereocenters. The third kappa shape index (κ3) is 7.31. The van der Waals surface area contributed by atoms with Crippen molar-refractivity contribution in [2.75, 3.05) is 52.9 Å². The summed E-state index contributed by atoms with van der Waals surface area (Å²) < 4.78 is 24.4. The Morgan fingerprint density at radius 2 is 1.63 bits per heavy atom. The van der Waals surface area contributed by atoms with E-state index in [-0.39, 0.29) is 24.6 Å². The number of hydrogen-bond acceptors (Lipinski definition) is 8. The summed E-state index contributed by atoms with van der Waals surface area (Å²) in [5, 5.41) is 2.33. The maximum Gasteiger partial charge on any atom is 0.329 e. The lowest BCUT2D eigenvalue weighted by Crippen LogP contribution is -2.44. The number of benzene rings is 1. The molecule has 35 heavy (non-hydrogen) atoms. The number of carbonyl (C=O) groups is 3. The number of para-hydroxylation sites is 1. The van der Waals surface area contributed by atoms with Crippen LogP contribution in [0.3, 0.4) is 0 Å². The Morgan fingerprint density at radius 3 is 2.29 bits per heavy atom. The molecule has 1 N–H and O–H groups in total. The van der Waals surface area contributed by atoms with Gasteiger partial charge in [-0.2, -0.15) is 0 Å². The van der Waals surface area contributed by atoms with Gasteiger partial charge in [0.2, 0.25) is 11.8 Å². The van der Waals surface area contributed by atoms with Gasteiger partial charge < -0.3 is 23.7 Å². The average Bonchev–Trinajstić information content (AvgIpc) is 3.10. The zero-order valence-electron chi connectivity index (χ0n) is 20.0. The molecule has 0 saturated carbocycles. The maximum atomic E-state index is 13.0. The lowest BCUT2D eigenvalue weighted by molar-refractivity contribution is -0.135. The van der Waals surface area contributed by atoms with Gasteiger partial charge in [-0.25, -0.2) is 4.79 Å². The first-order chi connectivity index (χ1) is 17.0. The fraction of sp³-hybridized carbons (Fsp3) is 0.583. The molecule has 0 bridgehead atoms. The van der Waals surface area contributed by atoms with Crippen LogP contribution in [-0.2, 0) is 46.8 Å². The van der Waals surface area contributed by atoms with Gasteiger partial charge in [-0.15, -0.1) is 0 Å². The maximum absolute atomic E-state index is 13.0. The van der Waals surface area contributed by atoms with Crippen LogP contribution >= 0.6 is 0 Å². The minimum absolute atomic E-state index is 0.0829. The largest absolute Gasteiger partial charge is 0.379 e. The number of ether oxygens (including phenoxy) is 4. The van der Waals surface area contributed by atoms with Crippen LogP contribution in [-0.4, -0.2) is 80.1 Å². The summed E-state index contributed by atoms with van der Waals surface area (Å²) in [5.74, 6) is -0.747. The van der Waals surface area contributed by atoms with Crippen LogP contribution in [0.4, 0.5) is 0 Å². The highest BCUT2D eigenvalue weighted by atomic mass is 16.6. The highest BCUT2D eigenvalue weighted by Gasteiger charge is 2.31. The van der Waals surface area contributed by atoms with E-state index in [4.69, 9.17) is 18.9 Å². The number of piperidine rings is 1. The van der Waals surface area contributed by atoms with Crippen molar-refractivity contribution in [3.63, 3.8) is 0 Å². The summed E-state index contributed by atoms with van der Waals surface area (Å²) >= 11 is 0. The zero-order chi connectivity index (χ0) is 25.0. The quantitative estimate of drug-likeness (QED) is 0.205. The SMILES string of the molecule is Cn1c(=O)n(C2CCC(=O)NC2=O)c2cccc(CCCOCCOCCOCCOCC=O)c21. The number of amides is 2. The van der Waals surface area contributed by atoms with Gasteiger partial charge in [0.15, 0.2) is 0 Å². The smallest absolute Gasteiger partial charge is 0.329 e. The van der Waals surface area contributed by atoms with Crippen LogP contribution in [0.15, 0.2) is 23.0 Å². The third-order valence-corrected chi connectivity index (χ3v) is 5.74. The first kappa shape index (κ1) is 26.7. The molecular weight excluding hydrogens is 458 g/mol. The highest BCUT2D eigenvalue weighted by molar-refractivity contribution is 6.00. The average molecular weight is 492 g/mol. The van der Waals surface area contributed by atoms with Gasteiger partial charge in [0.25, 0.3) is 0 Å². The third-order valence-electron chi connectivity index (χ3n) is 5.74. The Morgan fingerprint density at radius 1 is 0.971 bits per heavy atom. The van der Waals surface area contributed by atoms with E-state index >= 15 is 0 Å². The van der Waals surface area contributed by atoms with Crippen molar-refractivity contribution in [3.8, 4) is 0 Å². The summed E-state index contributed by atoms with van der Waals surface area (Å²) in [6.45, 7) is 3.27. The second kappa shape index (κ2) is 13.9. The standard InChI is InChI=1S/C24H33N3O8/c1-26-22-18(5-3-10-32-12-14-34-16-17-35-15-13-33-11-9-28)4-2-6-19(22)27(24(26)31)20-7-8-21(29)25-23(20)30/h2,4,6,9,20H,3,5,7-8,10-17H2,1H3,(H,25,29,30). The summed E-state index contributed by atoms with van der Waals surface area (Å²) in [7, 11) is 1.70. The first-order valence-corrected chi connectivity index (χ1v) is 11.8. The lowest BCUT2D eigenvalue weighted by atomic mass is 10.0. The van der Waals surface area contributed by atoms with Crippen LogP contribution in [0.5, 0.6) is 0 Å². The van der Waals surface area contributed by atoms with Gasteiger partial charge in [0.1, 0.15) is 18.9 Å². The minimum Gasteiger partial charge on any atom is -0.379 e. The van der Waals surface area contributed by atoms with Gasteiger partial charge in [-0.1, -0.05) is 12.1 Å². The molecule has 1 unspecified atom stereocenters. The molecule has 1 aromatic carbocycles. The van der Waals surface area contributed by atoms with Gasteiger partial charge in [0.05, 0.1) is 50.7 Å². The lowest BCUT2D eigenvalue weighted by Gasteiger charge is -2.21. The zero-order valence-corrected chi connectivity index (χ0v) is 20.0. The molecule has 0 radical (unpaired) electrons. The number of imide groups is 1. The van der Waals surface area contributed by atoms with Crippen LogP contribution in [0.1, 0.15) is 30.9 Å². The Hall–Kier alpha value is -2.86. The van der Waals surface area contributed by atoms with E-state index < -0.39 is 11.9 Å². The molecule has 1 aliphatic heterocycles. The molecule has 3 rings (SSSR count). The van der Waals surface area contributed by atoms with Crippen molar-refractivity contribution < 1.29 is 33.3 Å². The van der Waals surface area contributed by atoms with E-state index in [1.807, 2.05) is 18.2 Å². The molecule has 11 heteroatoms. The predicted molar refractivity (Wildman–Crippen MR) is 126 cm³/mol. The van der Waals surface area contributed by atoms with Crippen LogP contribution in [0.25, 0.3) is 11.0 Å². The fourth-order valence-electron chi connectivity index (χ4n) is 4.11. The number of aldehydes is 1. The second-order valence-corrected chi connectivity index (χ2v) is 8.15. The molecule has 2 amide bonds. The van der Waals surface area contributed by atoms with E-state index in [0.29, 0.717) is 70.9 Å². The van der Waals surface area contributed by atoms with Gasteiger partial charge in [-0.05, 0) is 30.9 Å². The van der Waals surface area contributed by atoms with Crippen molar-refractivity contribution in [1.82, 2.24) is 14.5 Å². The Kier molecular flexibility index (Phi) is 10.6. The molecule has 0 aliphatic carbocycles. The summed E-state index contributed by atoms with van der Waals surface area (Å²) in [6, 6.07) is 5.00. The number of nitrogens with zero attached hydrogens (tertiary/aromatic N) is 2. The summed E-state index contributed by atoms with van der Waals surface area (Å²) in [6.07, 6.45) is 2.70. The van der Waals surface area contributed by atoms with E-state index in [9.17, 15) is 19.2 Å². The topological polar surface area (TPSA) is 127 Å². The van der Waals surface area contributed by atoms with Gasteiger partial charge >= 0.3 is 5.69 Å². The molecule has 1 saturated heterocycles. The number of aryl methyl sites for hydroxylation is 2. The van der Waals surface area contributed by atoms with Crippen LogP contribution in [0.2, 0.25) is 0 Å². The number of carbonyl (C=O) groups excluding carboxylic acids is 3. The molecule has 192 valence electrons. The second-order valence-electron chi connectivity index (χ2n) is 8.15. The van der Waals surface area contributed by atoms with Crippen LogP contribution in [0, 0.1) is 0 Å². The Bertz CT molecular complexity index is 1060. The van der Waals surface area contributed by atoms with E-state index in [1.165, 1.54) is 4.57 Å². The fourth-order valence-corrected chi connectivity index (χ4v) is 4.11.